The van der Waals surface area contributed by atoms with E-state index in [2.05, 4.69) is 11.1 Å². The highest BCUT2D eigenvalue weighted by Crippen LogP contribution is 2.08. The van der Waals surface area contributed by atoms with Crippen LogP contribution in [0.4, 0.5) is 5.82 Å². The first kappa shape index (κ1) is 11.5. The van der Waals surface area contributed by atoms with Crippen LogP contribution in [0.1, 0.15) is 10.5 Å². The number of anilines is 1. The summed E-state index contributed by atoms with van der Waals surface area (Å²) < 4.78 is 4.94. The van der Waals surface area contributed by atoms with Crippen LogP contribution in [0.3, 0.4) is 0 Å². The van der Waals surface area contributed by atoms with Crippen molar-refractivity contribution in [3.8, 4) is 0 Å². The maximum Gasteiger partial charge on any atom is 0.268 e. The molecule has 1 radical (unpaired) electrons. The van der Waals surface area contributed by atoms with Crippen LogP contribution in [0, 0.1) is 6.07 Å². The zero-order chi connectivity index (χ0) is 11.3. The monoisotopic (exact) mass is 208 g/mol. The van der Waals surface area contributed by atoms with Crippen LogP contribution in [0.15, 0.2) is 12.1 Å². The number of carbonyl (C=O) groups is 1. The molecule has 0 aliphatic carbocycles. The van der Waals surface area contributed by atoms with Crippen LogP contribution >= 0.6 is 0 Å². The molecule has 1 amide bonds. The van der Waals surface area contributed by atoms with E-state index in [1.54, 1.807) is 19.2 Å². The molecule has 2 N–H and O–H groups in total. The Labute approximate surface area is 88.9 Å². The van der Waals surface area contributed by atoms with Gasteiger partial charge >= 0.3 is 0 Å². The van der Waals surface area contributed by atoms with Crippen molar-refractivity contribution in [1.82, 2.24) is 4.98 Å². The van der Waals surface area contributed by atoms with E-state index in [-0.39, 0.29) is 5.69 Å². The maximum atomic E-state index is 10.9. The number of pyridine rings is 1. The van der Waals surface area contributed by atoms with Crippen LogP contribution in [0.2, 0.25) is 0 Å². The van der Waals surface area contributed by atoms with Crippen molar-refractivity contribution in [2.75, 3.05) is 32.2 Å². The average Bonchev–Trinajstić information content (AvgIpc) is 2.26. The molecule has 0 aliphatic rings. The van der Waals surface area contributed by atoms with Gasteiger partial charge in [-0.1, -0.05) is 0 Å². The number of carbonyl (C=O) groups excluding carboxylic acids is 1. The summed E-state index contributed by atoms with van der Waals surface area (Å²) in [5.41, 5.74) is 5.26. The van der Waals surface area contributed by atoms with Gasteiger partial charge in [0.2, 0.25) is 0 Å². The van der Waals surface area contributed by atoms with Crippen molar-refractivity contribution in [3.05, 3.63) is 23.9 Å². The number of hydrogen-bond donors (Lipinski definition) is 1. The van der Waals surface area contributed by atoms with Gasteiger partial charge in [0, 0.05) is 26.8 Å². The number of ether oxygens (including phenoxy) is 1. The predicted molar refractivity (Wildman–Crippen MR) is 56.7 cm³/mol. The molecule has 0 aromatic carbocycles. The molecule has 1 aromatic rings. The van der Waals surface area contributed by atoms with Crippen molar-refractivity contribution >= 4 is 11.7 Å². The van der Waals surface area contributed by atoms with Crippen LogP contribution in [0.25, 0.3) is 0 Å². The SMILES string of the molecule is COCCN(C)c1cc[c]c(C(N)=O)n1. The summed E-state index contributed by atoms with van der Waals surface area (Å²) in [4.78, 5) is 16.8. The van der Waals surface area contributed by atoms with Gasteiger partial charge in [0.15, 0.2) is 0 Å². The van der Waals surface area contributed by atoms with Crippen LogP contribution in [-0.2, 0) is 4.74 Å². The van der Waals surface area contributed by atoms with Crippen molar-refractivity contribution in [2.24, 2.45) is 5.73 Å². The number of likely N-dealkylation sites (N-methyl/N-ethyl adjacent to an activating group) is 1. The predicted octanol–water partition coefficient (Wildman–Crippen LogP) is 0.0633. The molecule has 0 spiro atoms. The average molecular weight is 208 g/mol. The van der Waals surface area contributed by atoms with Gasteiger partial charge in [0.05, 0.1) is 6.61 Å². The minimum absolute atomic E-state index is 0.150. The van der Waals surface area contributed by atoms with E-state index >= 15 is 0 Å². The van der Waals surface area contributed by atoms with Gasteiger partial charge in [-0.15, -0.1) is 0 Å². The second-order valence-electron chi connectivity index (χ2n) is 3.07. The number of primary amides is 1. The number of amides is 1. The Morgan fingerprint density at radius 3 is 3.07 bits per heavy atom. The Kier molecular flexibility index (Phi) is 4.05. The molecule has 0 unspecified atom stereocenters. The van der Waals surface area contributed by atoms with Gasteiger partial charge in [-0.05, 0) is 12.1 Å². The van der Waals surface area contributed by atoms with E-state index in [0.717, 1.165) is 0 Å². The molecule has 5 heteroatoms. The number of rotatable bonds is 5. The van der Waals surface area contributed by atoms with Gasteiger partial charge in [-0.2, -0.15) is 0 Å². The van der Waals surface area contributed by atoms with Gasteiger partial charge < -0.3 is 15.4 Å². The van der Waals surface area contributed by atoms with Gasteiger partial charge in [0.1, 0.15) is 11.5 Å². The minimum Gasteiger partial charge on any atom is -0.383 e. The third-order valence-corrected chi connectivity index (χ3v) is 1.93. The first-order chi connectivity index (χ1) is 7.15. The fraction of sp³-hybridized carbons (Fsp3) is 0.400. The van der Waals surface area contributed by atoms with Crippen molar-refractivity contribution in [2.45, 2.75) is 0 Å². The van der Waals surface area contributed by atoms with E-state index < -0.39 is 5.91 Å². The van der Waals surface area contributed by atoms with E-state index in [1.165, 1.54) is 0 Å². The normalized spacial score (nSPS) is 10.0. The Bertz CT molecular complexity index is 341. The summed E-state index contributed by atoms with van der Waals surface area (Å²) in [5, 5.41) is 0. The molecule has 81 valence electrons. The first-order valence-corrected chi connectivity index (χ1v) is 4.53. The maximum absolute atomic E-state index is 10.9. The Morgan fingerprint density at radius 2 is 2.47 bits per heavy atom. The molecule has 5 nitrogen and oxygen atoms in total. The quantitative estimate of drug-likeness (QED) is 0.743. The molecule has 1 heterocycles. The molecule has 1 rings (SSSR count). The summed E-state index contributed by atoms with van der Waals surface area (Å²) >= 11 is 0. The summed E-state index contributed by atoms with van der Waals surface area (Å²) in [6.07, 6.45) is 0. The van der Waals surface area contributed by atoms with E-state index in [9.17, 15) is 4.79 Å². The number of hydrogen-bond acceptors (Lipinski definition) is 4. The lowest BCUT2D eigenvalue weighted by Gasteiger charge is -2.17. The van der Waals surface area contributed by atoms with Crippen molar-refractivity contribution in [3.63, 3.8) is 0 Å². The zero-order valence-electron chi connectivity index (χ0n) is 8.86. The van der Waals surface area contributed by atoms with Gasteiger partial charge in [-0.3, -0.25) is 4.79 Å². The largest absolute Gasteiger partial charge is 0.383 e. The lowest BCUT2D eigenvalue weighted by molar-refractivity contribution is 0.0995. The first-order valence-electron chi connectivity index (χ1n) is 4.53. The summed E-state index contributed by atoms with van der Waals surface area (Å²) in [6.45, 7) is 1.30. The highest BCUT2D eigenvalue weighted by Gasteiger charge is 2.06. The lowest BCUT2D eigenvalue weighted by atomic mass is 10.3. The summed E-state index contributed by atoms with van der Waals surface area (Å²) in [5.74, 6) is 0.108. The van der Waals surface area contributed by atoms with Crippen molar-refractivity contribution < 1.29 is 9.53 Å². The topological polar surface area (TPSA) is 68.5 Å². The molecule has 0 bridgehead atoms. The molecular formula is C10H14N3O2. The minimum atomic E-state index is -0.572. The molecule has 15 heavy (non-hydrogen) atoms. The van der Waals surface area contributed by atoms with Gasteiger partial charge in [-0.25, -0.2) is 4.98 Å². The molecular weight excluding hydrogens is 194 g/mol. The third-order valence-electron chi connectivity index (χ3n) is 1.93. The fourth-order valence-corrected chi connectivity index (χ4v) is 1.06. The molecule has 0 atom stereocenters. The molecule has 0 aliphatic heterocycles. The van der Waals surface area contributed by atoms with E-state index in [0.29, 0.717) is 19.0 Å². The van der Waals surface area contributed by atoms with Crippen molar-refractivity contribution in [1.29, 1.82) is 0 Å². The molecule has 0 fully saturated rings. The fourth-order valence-electron chi connectivity index (χ4n) is 1.06. The highest BCUT2D eigenvalue weighted by atomic mass is 16.5. The number of nitrogens with two attached hydrogens (primary N) is 1. The Hall–Kier alpha value is -1.62. The second kappa shape index (κ2) is 5.31. The summed E-state index contributed by atoms with van der Waals surface area (Å²) in [6, 6.07) is 6.07. The Balaban J connectivity index is 2.76. The van der Waals surface area contributed by atoms with Crippen LogP contribution in [-0.4, -0.2) is 38.2 Å². The van der Waals surface area contributed by atoms with Crippen LogP contribution < -0.4 is 10.6 Å². The number of aromatic nitrogens is 1. The Morgan fingerprint density at radius 1 is 1.73 bits per heavy atom. The smallest absolute Gasteiger partial charge is 0.268 e. The zero-order valence-corrected chi connectivity index (χ0v) is 8.86. The standard InChI is InChI=1S/C10H14N3O2/c1-13(6-7-15-2)9-5-3-4-8(12-9)10(11)14/h3,5H,6-7H2,1-2H3,(H2,11,14). The van der Waals surface area contributed by atoms with Crippen LogP contribution in [0.5, 0.6) is 0 Å². The third kappa shape index (κ3) is 3.21. The van der Waals surface area contributed by atoms with E-state index in [1.807, 2.05) is 11.9 Å². The molecule has 1 aromatic heterocycles. The molecule has 0 saturated carbocycles. The second-order valence-corrected chi connectivity index (χ2v) is 3.07. The summed E-state index contributed by atoms with van der Waals surface area (Å²) in [7, 11) is 3.50. The highest BCUT2D eigenvalue weighted by molar-refractivity contribution is 5.90. The number of methoxy groups -OCH3 is 1. The van der Waals surface area contributed by atoms with E-state index in [4.69, 9.17) is 10.5 Å². The number of nitrogens with zero attached hydrogens (tertiary/aromatic N) is 2. The van der Waals surface area contributed by atoms with Gasteiger partial charge in [0.25, 0.3) is 5.91 Å². The molecule has 0 saturated heterocycles. The lowest BCUT2D eigenvalue weighted by Crippen LogP contribution is -2.24.